The molecule has 1 saturated heterocycles. The minimum atomic E-state index is -0.700. The topological polar surface area (TPSA) is 40.5 Å². The van der Waals surface area contributed by atoms with Crippen LogP contribution in [0.25, 0.3) is 0 Å². The fraction of sp³-hybridized carbons (Fsp3) is 0.381. The molecule has 1 aliphatic heterocycles. The van der Waals surface area contributed by atoms with Crippen LogP contribution in [0.5, 0.6) is 0 Å². The number of nitrogens with zero attached hydrogens (tertiary/aromatic N) is 1. The highest BCUT2D eigenvalue weighted by Crippen LogP contribution is 2.39. The van der Waals surface area contributed by atoms with Crippen LogP contribution in [0.1, 0.15) is 41.1 Å². The lowest BCUT2D eigenvalue weighted by atomic mass is 9.89. The van der Waals surface area contributed by atoms with E-state index in [9.17, 15) is 9.90 Å². The molecular weight excluding hydrogens is 369 g/mol. The van der Waals surface area contributed by atoms with Gasteiger partial charge in [-0.15, -0.1) is 0 Å². The molecule has 1 aliphatic rings. The Hall–Kier alpha value is -1.55. The Kier molecular flexibility index (Phi) is 5.91. The van der Waals surface area contributed by atoms with Crippen LogP contribution in [0, 0.1) is 19.8 Å². The molecule has 2 aromatic carbocycles. The molecule has 1 fully saturated rings. The molecule has 0 saturated carbocycles. The Balaban J connectivity index is 2.04. The number of halogens is 2. The van der Waals surface area contributed by atoms with Crippen LogP contribution in [0.3, 0.4) is 0 Å². The van der Waals surface area contributed by atoms with Gasteiger partial charge < -0.3 is 5.11 Å². The third-order valence-corrected chi connectivity index (χ3v) is 6.08. The molecule has 2 aromatic rings. The second-order valence-corrected chi connectivity index (χ2v) is 7.84. The number of hydrogen-bond donors (Lipinski definition) is 1. The Morgan fingerprint density at radius 2 is 1.81 bits per heavy atom. The molecule has 138 valence electrons. The fourth-order valence-electron chi connectivity index (χ4n) is 3.75. The van der Waals surface area contributed by atoms with Gasteiger partial charge in [0.25, 0.3) is 0 Å². The second kappa shape index (κ2) is 7.99. The van der Waals surface area contributed by atoms with Gasteiger partial charge in [-0.1, -0.05) is 59.1 Å². The van der Waals surface area contributed by atoms with Crippen molar-refractivity contribution in [2.45, 2.75) is 32.7 Å². The lowest BCUT2D eigenvalue weighted by Crippen LogP contribution is -2.39. The molecule has 1 heterocycles. The molecule has 0 aliphatic carbocycles. The summed E-state index contributed by atoms with van der Waals surface area (Å²) in [5, 5.41) is 10.4. The molecule has 3 nitrogen and oxygen atoms in total. The van der Waals surface area contributed by atoms with Crippen LogP contribution in [-0.2, 0) is 4.79 Å². The summed E-state index contributed by atoms with van der Waals surface area (Å²) in [6.07, 6.45) is 1.30. The van der Waals surface area contributed by atoms with E-state index < -0.39 is 5.97 Å². The summed E-state index contributed by atoms with van der Waals surface area (Å²) in [4.78, 5) is 13.6. The van der Waals surface area contributed by atoms with Gasteiger partial charge >= 0.3 is 5.97 Å². The summed E-state index contributed by atoms with van der Waals surface area (Å²) < 4.78 is 0. The SMILES string of the molecule is Cc1ccc(C)c(C(c2cccc(Cl)c2Cl)N2CCC(C(=O)O)CC2)c1. The zero-order chi connectivity index (χ0) is 18.8. The van der Waals surface area contributed by atoms with Gasteiger partial charge in [-0.05, 0) is 62.5 Å². The first kappa shape index (κ1) is 19.2. The first-order valence-corrected chi connectivity index (χ1v) is 9.62. The molecule has 1 N–H and O–H groups in total. The Morgan fingerprint density at radius 3 is 2.46 bits per heavy atom. The van der Waals surface area contributed by atoms with Crippen molar-refractivity contribution in [2.75, 3.05) is 13.1 Å². The van der Waals surface area contributed by atoms with Crippen molar-refractivity contribution < 1.29 is 9.90 Å². The van der Waals surface area contributed by atoms with Gasteiger partial charge in [0.05, 0.1) is 22.0 Å². The Morgan fingerprint density at radius 1 is 1.12 bits per heavy atom. The van der Waals surface area contributed by atoms with Gasteiger partial charge in [0, 0.05) is 0 Å². The number of carboxylic acid groups (broad SMARTS) is 1. The molecule has 0 bridgehead atoms. The summed E-state index contributed by atoms with van der Waals surface area (Å²) in [6, 6.07) is 12.1. The number of carboxylic acids is 1. The fourth-order valence-corrected chi connectivity index (χ4v) is 4.16. The van der Waals surface area contributed by atoms with Crippen LogP contribution < -0.4 is 0 Å². The van der Waals surface area contributed by atoms with E-state index in [2.05, 4.69) is 36.9 Å². The molecule has 0 aromatic heterocycles. The van der Waals surface area contributed by atoms with Gasteiger partial charge in [0.2, 0.25) is 0 Å². The van der Waals surface area contributed by atoms with Crippen molar-refractivity contribution in [1.29, 1.82) is 0 Å². The third-order valence-electron chi connectivity index (χ3n) is 5.25. The maximum Gasteiger partial charge on any atom is 0.306 e. The molecule has 5 heteroatoms. The number of likely N-dealkylation sites (tertiary alicyclic amines) is 1. The average molecular weight is 392 g/mol. The first-order valence-electron chi connectivity index (χ1n) is 8.86. The van der Waals surface area contributed by atoms with E-state index in [-0.39, 0.29) is 12.0 Å². The normalized spacial score (nSPS) is 17.2. The molecule has 3 rings (SSSR count). The molecule has 0 radical (unpaired) electrons. The zero-order valence-corrected chi connectivity index (χ0v) is 16.5. The van der Waals surface area contributed by atoms with E-state index in [0.29, 0.717) is 22.9 Å². The third kappa shape index (κ3) is 3.90. The molecule has 1 atom stereocenters. The van der Waals surface area contributed by atoms with E-state index in [1.807, 2.05) is 12.1 Å². The molecular formula is C21H23Cl2NO2. The minimum absolute atomic E-state index is 0.0316. The summed E-state index contributed by atoms with van der Waals surface area (Å²) >= 11 is 12.9. The van der Waals surface area contributed by atoms with E-state index in [1.165, 1.54) is 16.7 Å². The first-order chi connectivity index (χ1) is 12.4. The van der Waals surface area contributed by atoms with Crippen LogP contribution in [-0.4, -0.2) is 29.1 Å². The van der Waals surface area contributed by atoms with E-state index in [1.54, 1.807) is 6.07 Å². The lowest BCUT2D eigenvalue weighted by Gasteiger charge is -2.38. The Bertz CT molecular complexity index is 812. The molecule has 1 unspecified atom stereocenters. The second-order valence-electron chi connectivity index (χ2n) is 7.05. The van der Waals surface area contributed by atoms with Crippen molar-refractivity contribution in [3.63, 3.8) is 0 Å². The van der Waals surface area contributed by atoms with Crippen LogP contribution in [0.2, 0.25) is 10.0 Å². The number of carbonyl (C=O) groups is 1. The maximum absolute atomic E-state index is 11.3. The average Bonchev–Trinajstić information content (AvgIpc) is 2.62. The molecule has 0 amide bonds. The molecule has 26 heavy (non-hydrogen) atoms. The van der Waals surface area contributed by atoms with Crippen LogP contribution >= 0.6 is 23.2 Å². The smallest absolute Gasteiger partial charge is 0.306 e. The van der Waals surface area contributed by atoms with E-state index in [4.69, 9.17) is 23.2 Å². The van der Waals surface area contributed by atoms with Crippen molar-refractivity contribution in [3.05, 3.63) is 68.7 Å². The summed E-state index contributed by atoms with van der Waals surface area (Å²) in [5.74, 6) is -0.964. The quantitative estimate of drug-likeness (QED) is 0.747. The highest BCUT2D eigenvalue weighted by Gasteiger charge is 2.32. The largest absolute Gasteiger partial charge is 0.481 e. The predicted molar refractivity (Wildman–Crippen MR) is 106 cm³/mol. The van der Waals surface area contributed by atoms with Gasteiger partial charge in [-0.3, -0.25) is 9.69 Å². The standard InChI is InChI=1S/C21H23Cl2NO2/c1-13-6-7-14(2)17(12-13)20(16-4-3-5-18(22)19(16)23)24-10-8-15(9-11-24)21(25)26/h3-7,12,15,20H,8-11H2,1-2H3,(H,25,26). The van der Waals surface area contributed by atoms with Gasteiger partial charge in [0.15, 0.2) is 0 Å². The van der Waals surface area contributed by atoms with Crippen molar-refractivity contribution in [1.82, 2.24) is 4.90 Å². The number of hydrogen-bond acceptors (Lipinski definition) is 2. The number of aliphatic carboxylic acids is 1. The van der Waals surface area contributed by atoms with E-state index in [0.717, 1.165) is 18.7 Å². The van der Waals surface area contributed by atoms with Gasteiger partial charge in [-0.2, -0.15) is 0 Å². The van der Waals surface area contributed by atoms with Gasteiger partial charge in [-0.25, -0.2) is 0 Å². The highest BCUT2D eigenvalue weighted by atomic mass is 35.5. The van der Waals surface area contributed by atoms with E-state index >= 15 is 0 Å². The highest BCUT2D eigenvalue weighted by molar-refractivity contribution is 6.42. The van der Waals surface area contributed by atoms with Crippen LogP contribution in [0.4, 0.5) is 0 Å². The summed E-state index contributed by atoms with van der Waals surface area (Å²) in [7, 11) is 0. The lowest BCUT2D eigenvalue weighted by molar-refractivity contribution is -0.143. The molecule has 0 spiro atoms. The minimum Gasteiger partial charge on any atom is -0.481 e. The van der Waals surface area contributed by atoms with Crippen molar-refractivity contribution in [3.8, 4) is 0 Å². The maximum atomic E-state index is 11.3. The Labute approximate surface area is 164 Å². The van der Waals surface area contributed by atoms with Crippen LogP contribution in [0.15, 0.2) is 36.4 Å². The number of rotatable bonds is 4. The van der Waals surface area contributed by atoms with Crippen molar-refractivity contribution in [2.24, 2.45) is 5.92 Å². The number of aryl methyl sites for hydroxylation is 2. The zero-order valence-electron chi connectivity index (χ0n) is 15.0. The van der Waals surface area contributed by atoms with Gasteiger partial charge in [0.1, 0.15) is 0 Å². The number of piperidine rings is 1. The van der Waals surface area contributed by atoms with Crippen molar-refractivity contribution >= 4 is 29.2 Å². The number of benzene rings is 2. The summed E-state index contributed by atoms with van der Waals surface area (Å²) in [5.41, 5.74) is 4.55. The summed E-state index contributed by atoms with van der Waals surface area (Å²) in [6.45, 7) is 5.62. The predicted octanol–water partition coefficient (Wildman–Crippen LogP) is 5.50. The monoisotopic (exact) mass is 391 g/mol.